The monoisotopic (exact) mass is 258 g/mol. The first-order chi connectivity index (χ1) is 8.70. The van der Waals surface area contributed by atoms with Crippen LogP contribution in [0.3, 0.4) is 0 Å². The first-order valence-electron chi connectivity index (χ1n) is 5.38. The van der Waals surface area contributed by atoms with Gasteiger partial charge in [-0.3, -0.25) is 0 Å². The number of nitrogens with one attached hydrogen (secondary N) is 1. The van der Waals surface area contributed by atoms with E-state index in [0.29, 0.717) is 23.2 Å². The summed E-state index contributed by atoms with van der Waals surface area (Å²) in [7, 11) is 0. The van der Waals surface area contributed by atoms with Crippen LogP contribution in [0, 0.1) is 18.3 Å². The fourth-order valence-corrected chi connectivity index (χ4v) is 2.90. The Morgan fingerprint density at radius 2 is 2.44 bits per heavy atom. The quantitative estimate of drug-likeness (QED) is 0.819. The second-order valence-corrected chi connectivity index (χ2v) is 4.94. The van der Waals surface area contributed by atoms with Crippen LogP contribution in [0.4, 0.5) is 5.88 Å². The Bertz CT molecular complexity index is 663. The Morgan fingerprint density at radius 3 is 3.11 bits per heavy atom. The number of nitrogens with two attached hydrogens (primary N) is 1. The molecule has 1 aliphatic rings. The highest BCUT2D eigenvalue weighted by Gasteiger charge is 2.33. The van der Waals surface area contributed by atoms with Crippen molar-refractivity contribution in [1.82, 2.24) is 4.98 Å². The molecule has 0 radical (unpaired) electrons. The van der Waals surface area contributed by atoms with Crippen LogP contribution in [0.5, 0.6) is 0 Å². The Hall–Kier alpha value is -2.26. The molecule has 90 valence electrons. The molecule has 3 rings (SSSR count). The molecule has 5 nitrogen and oxygen atoms in total. The van der Waals surface area contributed by atoms with Crippen LogP contribution in [0.15, 0.2) is 33.3 Å². The van der Waals surface area contributed by atoms with Crippen LogP contribution in [0.1, 0.15) is 22.4 Å². The normalized spacial score (nSPS) is 18.1. The molecule has 18 heavy (non-hydrogen) atoms. The fraction of sp³-hybridized carbons (Fsp3) is 0.167. The van der Waals surface area contributed by atoms with E-state index in [1.165, 1.54) is 0 Å². The lowest BCUT2D eigenvalue weighted by atomic mass is 9.92. The summed E-state index contributed by atoms with van der Waals surface area (Å²) >= 11 is 1.57. The number of hydrogen-bond acceptors (Lipinski definition) is 6. The van der Waals surface area contributed by atoms with Gasteiger partial charge in [0.05, 0.1) is 17.6 Å². The maximum atomic E-state index is 9.28. The van der Waals surface area contributed by atoms with Crippen molar-refractivity contribution in [2.45, 2.75) is 12.8 Å². The standard InChI is InChI=1S/C12H10N4OS/c1-6-15-10-9(8-3-2-4-18-8)7(5-13)11(14)16-12(10)17-6/h2-4,9,16H,14H2,1H3/t9-/m0/s1. The number of rotatable bonds is 1. The summed E-state index contributed by atoms with van der Waals surface area (Å²) in [5.74, 6) is 1.19. The number of fused-ring (bicyclic) bond motifs is 1. The minimum Gasteiger partial charge on any atom is -0.425 e. The van der Waals surface area contributed by atoms with Gasteiger partial charge in [0.1, 0.15) is 11.5 Å². The minimum atomic E-state index is -0.233. The zero-order valence-electron chi connectivity index (χ0n) is 9.60. The van der Waals surface area contributed by atoms with Crippen molar-refractivity contribution in [1.29, 1.82) is 5.26 Å². The van der Waals surface area contributed by atoms with E-state index in [9.17, 15) is 5.26 Å². The van der Waals surface area contributed by atoms with Gasteiger partial charge in [-0.15, -0.1) is 11.3 Å². The number of aromatic nitrogens is 1. The van der Waals surface area contributed by atoms with Gasteiger partial charge in [0, 0.05) is 11.8 Å². The van der Waals surface area contributed by atoms with Gasteiger partial charge in [0.25, 0.3) is 0 Å². The number of oxazole rings is 1. The number of nitriles is 1. The molecule has 6 heteroatoms. The average molecular weight is 258 g/mol. The molecular weight excluding hydrogens is 248 g/mol. The summed E-state index contributed by atoms with van der Waals surface area (Å²) < 4.78 is 5.46. The lowest BCUT2D eigenvalue weighted by Crippen LogP contribution is -2.22. The van der Waals surface area contributed by atoms with Crippen LogP contribution in [-0.2, 0) is 0 Å². The third-order valence-electron chi connectivity index (χ3n) is 2.81. The van der Waals surface area contributed by atoms with Crippen LogP contribution in [0.25, 0.3) is 0 Å². The van der Waals surface area contributed by atoms with Gasteiger partial charge in [0.2, 0.25) is 5.88 Å². The van der Waals surface area contributed by atoms with Crippen molar-refractivity contribution in [3.63, 3.8) is 0 Å². The molecule has 1 aliphatic heterocycles. The Balaban J connectivity index is 2.22. The lowest BCUT2D eigenvalue weighted by molar-refractivity contribution is 0.534. The molecule has 0 aliphatic carbocycles. The largest absolute Gasteiger partial charge is 0.425 e. The Labute approximate surface area is 108 Å². The molecule has 0 aromatic carbocycles. The van der Waals surface area contributed by atoms with Crippen LogP contribution >= 0.6 is 11.3 Å². The average Bonchev–Trinajstić information content (AvgIpc) is 2.95. The first-order valence-corrected chi connectivity index (χ1v) is 6.26. The Morgan fingerprint density at radius 1 is 1.61 bits per heavy atom. The maximum absolute atomic E-state index is 9.28. The maximum Gasteiger partial charge on any atom is 0.223 e. The van der Waals surface area contributed by atoms with Crippen molar-refractivity contribution in [2.24, 2.45) is 5.73 Å². The molecule has 0 amide bonds. The van der Waals surface area contributed by atoms with Gasteiger partial charge < -0.3 is 15.5 Å². The van der Waals surface area contributed by atoms with E-state index >= 15 is 0 Å². The number of anilines is 1. The predicted molar refractivity (Wildman–Crippen MR) is 67.9 cm³/mol. The number of aryl methyl sites for hydroxylation is 1. The third kappa shape index (κ3) is 1.49. The SMILES string of the molecule is Cc1nc2c(o1)NC(N)=C(C#N)[C@H]2c1cccs1. The van der Waals surface area contributed by atoms with E-state index in [4.69, 9.17) is 10.2 Å². The van der Waals surface area contributed by atoms with E-state index < -0.39 is 0 Å². The second-order valence-electron chi connectivity index (χ2n) is 3.96. The van der Waals surface area contributed by atoms with Gasteiger partial charge in [-0.1, -0.05) is 6.07 Å². The van der Waals surface area contributed by atoms with E-state index in [-0.39, 0.29) is 5.92 Å². The molecule has 0 unspecified atom stereocenters. The van der Waals surface area contributed by atoms with Gasteiger partial charge in [0.15, 0.2) is 5.89 Å². The van der Waals surface area contributed by atoms with Crippen LogP contribution in [0.2, 0.25) is 0 Å². The van der Waals surface area contributed by atoms with Crippen LogP contribution in [-0.4, -0.2) is 4.98 Å². The van der Waals surface area contributed by atoms with Gasteiger partial charge >= 0.3 is 0 Å². The Kier molecular flexibility index (Phi) is 2.35. The fourth-order valence-electron chi connectivity index (χ4n) is 2.07. The highest BCUT2D eigenvalue weighted by molar-refractivity contribution is 7.10. The van der Waals surface area contributed by atoms with E-state index in [1.54, 1.807) is 18.3 Å². The topological polar surface area (TPSA) is 87.9 Å². The van der Waals surface area contributed by atoms with E-state index in [0.717, 1.165) is 10.6 Å². The summed E-state index contributed by atoms with van der Waals surface area (Å²) in [6.07, 6.45) is 0. The molecular formula is C12H10N4OS. The van der Waals surface area contributed by atoms with Crippen molar-refractivity contribution < 1.29 is 4.42 Å². The highest BCUT2D eigenvalue weighted by atomic mass is 32.1. The van der Waals surface area contributed by atoms with Gasteiger partial charge in [-0.05, 0) is 11.4 Å². The molecule has 3 N–H and O–H groups in total. The highest BCUT2D eigenvalue weighted by Crippen LogP contribution is 2.41. The third-order valence-corrected chi connectivity index (χ3v) is 3.75. The molecule has 2 aromatic rings. The van der Waals surface area contributed by atoms with E-state index in [2.05, 4.69) is 16.4 Å². The summed E-state index contributed by atoms with van der Waals surface area (Å²) in [6.45, 7) is 1.77. The first kappa shape index (κ1) is 10.9. The predicted octanol–water partition coefficient (Wildman–Crippen LogP) is 2.30. The number of nitrogens with zero attached hydrogens (tertiary/aromatic N) is 2. The molecule has 0 bridgehead atoms. The van der Waals surface area contributed by atoms with Gasteiger partial charge in [-0.2, -0.15) is 5.26 Å². The smallest absolute Gasteiger partial charge is 0.223 e. The molecule has 2 aromatic heterocycles. The van der Waals surface area contributed by atoms with Crippen molar-refractivity contribution >= 4 is 17.2 Å². The molecule has 0 spiro atoms. The summed E-state index contributed by atoms with van der Waals surface area (Å²) in [6, 6.07) is 6.07. The summed E-state index contributed by atoms with van der Waals surface area (Å²) in [5.41, 5.74) is 7.08. The number of hydrogen-bond donors (Lipinski definition) is 2. The molecule has 0 saturated carbocycles. The number of allylic oxidation sites excluding steroid dienone is 1. The number of thiophene rings is 1. The van der Waals surface area contributed by atoms with Crippen LogP contribution < -0.4 is 11.1 Å². The zero-order chi connectivity index (χ0) is 12.7. The van der Waals surface area contributed by atoms with E-state index in [1.807, 2.05) is 17.5 Å². The summed E-state index contributed by atoms with van der Waals surface area (Å²) in [5, 5.41) is 14.1. The minimum absolute atomic E-state index is 0.233. The molecule has 3 heterocycles. The summed E-state index contributed by atoms with van der Waals surface area (Å²) in [4.78, 5) is 5.39. The van der Waals surface area contributed by atoms with Gasteiger partial charge in [-0.25, -0.2) is 4.98 Å². The second kappa shape index (κ2) is 3.89. The molecule has 0 saturated heterocycles. The molecule has 0 fully saturated rings. The van der Waals surface area contributed by atoms with Crippen molar-refractivity contribution in [3.05, 3.63) is 45.4 Å². The van der Waals surface area contributed by atoms with Crippen molar-refractivity contribution in [3.8, 4) is 6.07 Å². The van der Waals surface area contributed by atoms with Crippen molar-refractivity contribution in [2.75, 3.05) is 5.32 Å². The molecule has 1 atom stereocenters. The zero-order valence-corrected chi connectivity index (χ0v) is 10.4. The lowest BCUT2D eigenvalue weighted by Gasteiger charge is -2.21.